The molecule has 3 rings (SSSR count). The highest BCUT2D eigenvalue weighted by Gasteiger charge is 2.25. The number of sulfonamides is 1. The Balaban J connectivity index is 1.57. The van der Waals surface area contributed by atoms with Gasteiger partial charge in [0.1, 0.15) is 0 Å². The molecule has 0 atom stereocenters. The van der Waals surface area contributed by atoms with E-state index in [1.165, 1.54) is 0 Å². The molecule has 2 aliphatic heterocycles. The first-order valence-electron chi connectivity index (χ1n) is 10.0. The van der Waals surface area contributed by atoms with Crippen LogP contribution in [0.3, 0.4) is 0 Å². The third-order valence-corrected chi connectivity index (χ3v) is 7.57. The van der Waals surface area contributed by atoms with Gasteiger partial charge < -0.3 is 10.2 Å². The average Bonchev–Trinajstić information content (AvgIpc) is 2.94. The lowest BCUT2D eigenvalue weighted by atomic mass is 9.93. The maximum Gasteiger partial charge on any atom is 0.243 e. The van der Waals surface area contributed by atoms with Crippen LogP contribution in [0.25, 0.3) is 0 Å². The first kappa shape index (κ1) is 20.3. The molecule has 0 saturated carbocycles. The van der Waals surface area contributed by atoms with Crippen molar-refractivity contribution < 1.29 is 13.2 Å². The lowest BCUT2D eigenvalue weighted by Gasteiger charge is -2.28. The number of anilines is 1. The molecule has 1 N–H and O–H groups in total. The fraction of sp³-hybridized carbons (Fsp3) is 0.650. The van der Waals surface area contributed by atoms with Gasteiger partial charge >= 0.3 is 0 Å². The molecule has 7 heteroatoms. The first-order chi connectivity index (χ1) is 12.9. The number of hydrogen-bond acceptors (Lipinski definition) is 4. The van der Waals surface area contributed by atoms with E-state index in [9.17, 15) is 13.2 Å². The van der Waals surface area contributed by atoms with Gasteiger partial charge in [-0.2, -0.15) is 4.31 Å². The molecule has 0 unspecified atom stereocenters. The number of piperidine rings is 1. The average molecular weight is 394 g/mol. The second-order valence-corrected chi connectivity index (χ2v) is 9.78. The first-order valence-corrected chi connectivity index (χ1v) is 11.5. The lowest BCUT2D eigenvalue weighted by Crippen LogP contribution is -2.32. The van der Waals surface area contributed by atoms with Crippen LogP contribution in [0, 0.1) is 5.92 Å². The number of nitrogens with one attached hydrogen (secondary N) is 1. The zero-order valence-electron chi connectivity index (χ0n) is 16.2. The van der Waals surface area contributed by atoms with E-state index in [-0.39, 0.29) is 5.91 Å². The lowest BCUT2D eigenvalue weighted by molar-refractivity contribution is -0.117. The van der Waals surface area contributed by atoms with Gasteiger partial charge in [-0.1, -0.05) is 12.8 Å². The van der Waals surface area contributed by atoms with Crippen molar-refractivity contribution in [3.63, 3.8) is 0 Å². The molecule has 0 aliphatic carbocycles. The van der Waals surface area contributed by atoms with Crippen molar-refractivity contribution >= 4 is 21.6 Å². The third-order valence-electron chi connectivity index (χ3n) is 5.65. The molecular formula is C20H31N3O3S. The summed E-state index contributed by atoms with van der Waals surface area (Å²) >= 11 is 0. The van der Waals surface area contributed by atoms with E-state index in [2.05, 4.69) is 17.3 Å². The summed E-state index contributed by atoms with van der Waals surface area (Å²) in [4.78, 5) is 14.9. The Hall–Kier alpha value is -1.44. The molecule has 27 heavy (non-hydrogen) atoms. The van der Waals surface area contributed by atoms with Crippen LogP contribution >= 0.6 is 0 Å². The second kappa shape index (κ2) is 9.17. The number of rotatable bonds is 5. The van der Waals surface area contributed by atoms with E-state index in [1.807, 2.05) is 0 Å². The molecule has 1 aromatic carbocycles. The largest absolute Gasteiger partial charge is 0.326 e. The molecule has 2 saturated heterocycles. The highest BCUT2D eigenvalue weighted by Crippen LogP contribution is 2.23. The number of carbonyl (C=O) groups is 1. The Morgan fingerprint density at radius 2 is 1.59 bits per heavy atom. The number of benzene rings is 1. The van der Waals surface area contributed by atoms with Crippen molar-refractivity contribution in [3.8, 4) is 0 Å². The van der Waals surface area contributed by atoms with Gasteiger partial charge in [0.15, 0.2) is 0 Å². The van der Waals surface area contributed by atoms with Gasteiger partial charge in [0.05, 0.1) is 4.90 Å². The minimum absolute atomic E-state index is 0.00711. The van der Waals surface area contributed by atoms with Crippen LogP contribution in [-0.2, 0) is 14.8 Å². The molecule has 1 amide bonds. The molecule has 2 heterocycles. The monoisotopic (exact) mass is 393 g/mol. The summed E-state index contributed by atoms with van der Waals surface area (Å²) in [5.41, 5.74) is 0.655. The second-order valence-electron chi connectivity index (χ2n) is 7.84. The van der Waals surface area contributed by atoms with Gasteiger partial charge in [0, 0.05) is 25.2 Å². The van der Waals surface area contributed by atoms with Crippen molar-refractivity contribution in [2.75, 3.05) is 38.5 Å². The number of nitrogens with zero attached hydrogens (tertiary/aromatic N) is 2. The minimum Gasteiger partial charge on any atom is -0.326 e. The molecule has 0 spiro atoms. The summed E-state index contributed by atoms with van der Waals surface area (Å²) in [6.07, 6.45) is 6.66. The maximum atomic E-state index is 12.8. The van der Waals surface area contributed by atoms with Gasteiger partial charge in [-0.05, 0) is 76.0 Å². The predicted octanol–water partition coefficient (Wildman–Crippen LogP) is 2.92. The fourth-order valence-corrected chi connectivity index (χ4v) is 5.40. The molecule has 1 aromatic rings. The van der Waals surface area contributed by atoms with Gasteiger partial charge in [0.2, 0.25) is 15.9 Å². The molecule has 2 aliphatic rings. The van der Waals surface area contributed by atoms with Crippen LogP contribution in [-0.4, -0.2) is 56.8 Å². The Kier molecular flexibility index (Phi) is 6.89. The predicted molar refractivity (Wildman–Crippen MR) is 107 cm³/mol. The highest BCUT2D eigenvalue weighted by atomic mass is 32.2. The van der Waals surface area contributed by atoms with Crippen molar-refractivity contribution in [2.45, 2.75) is 49.8 Å². The number of hydrogen-bond donors (Lipinski definition) is 1. The van der Waals surface area contributed by atoms with Crippen LogP contribution < -0.4 is 5.32 Å². The standard InChI is InChI=1S/C20H31N3O3S/c1-22-14-10-17(11-15-22)16-20(24)21-18-6-8-19(9-7-18)27(25,26)23-12-4-2-3-5-13-23/h6-9,17H,2-5,10-16H2,1H3,(H,21,24). The summed E-state index contributed by atoms with van der Waals surface area (Å²) in [6, 6.07) is 6.59. The van der Waals surface area contributed by atoms with E-state index in [4.69, 9.17) is 0 Å². The van der Waals surface area contributed by atoms with E-state index in [1.54, 1.807) is 28.6 Å². The molecular weight excluding hydrogens is 362 g/mol. The summed E-state index contributed by atoms with van der Waals surface area (Å²) in [7, 11) is -1.33. The van der Waals surface area contributed by atoms with E-state index in [0.29, 0.717) is 36.0 Å². The molecule has 6 nitrogen and oxygen atoms in total. The third kappa shape index (κ3) is 5.53. The molecule has 0 radical (unpaired) electrons. The van der Waals surface area contributed by atoms with Crippen LogP contribution in [0.1, 0.15) is 44.9 Å². The van der Waals surface area contributed by atoms with Gasteiger partial charge in [-0.25, -0.2) is 8.42 Å². The van der Waals surface area contributed by atoms with Gasteiger partial charge in [0.25, 0.3) is 0 Å². The Bertz CT molecular complexity index is 717. The van der Waals surface area contributed by atoms with Crippen molar-refractivity contribution in [1.29, 1.82) is 0 Å². The molecule has 0 bridgehead atoms. The van der Waals surface area contributed by atoms with Crippen molar-refractivity contribution in [1.82, 2.24) is 9.21 Å². The Morgan fingerprint density at radius 1 is 1.00 bits per heavy atom. The van der Waals surface area contributed by atoms with Crippen LogP contribution in [0.2, 0.25) is 0 Å². The summed E-state index contributed by atoms with van der Waals surface area (Å²) in [5.74, 6) is 0.441. The highest BCUT2D eigenvalue weighted by molar-refractivity contribution is 7.89. The Labute approximate surface area is 163 Å². The minimum atomic E-state index is -3.44. The van der Waals surface area contributed by atoms with E-state index < -0.39 is 10.0 Å². The van der Waals surface area contributed by atoms with Crippen LogP contribution in [0.5, 0.6) is 0 Å². The SMILES string of the molecule is CN1CCC(CC(=O)Nc2ccc(S(=O)(=O)N3CCCCCC3)cc2)CC1. The summed E-state index contributed by atoms with van der Waals surface area (Å²) in [5, 5.41) is 2.91. The molecule has 2 fully saturated rings. The summed E-state index contributed by atoms with van der Waals surface area (Å²) < 4.78 is 27.2. The molecule has 0 aromatic heterocycles. The Morgan fingerprint density at radius 3 is 2.19 bits per heavy atom. The number of likely N-dealkylation sites (tertiary alicyclic amines) is 1. The topological polar surface area (TPSA) is 69.7 Å². The normalized spacial score (nSPS) is 20.9. The van der Waals surface area contributed by atoms with Gasteiger partial charge in [-0.3, -0.25) is 4.79 Å². The number of carbonyl (C=O) groups excluding carboxylic acids is 1. The molecule has 150 valence electrons. The zero-order chi connectivity index (χ0) is 19.3. The van der Waals surface area contributed by atoms with Crippen LogP contribution in [0.15, 0.2) is 29.2 Å². The van der Waals surface area contributed by atoms with Crippen molar-refractivity contribution in [2.24, 2.45) is 5.92 Å². The van der Waals surface area contributed by atoms with E-state index >= 15 is 0 Å². The maximum absolute atomic E-state index is 12.8. The quantitative estimate of drug-likeness (QED) is 0.835. The smallest absolute Gasteiger partial charge is 0.243 e. The van der Waals surface area contributed by atoms with E-state index in [0.717, 1.165) is 51.6 Å². The fourth-order valence-electron chi connectivity index (χ4n) is 3.88. The zero-order valence-corrected chi connectivity index (χ0v) is 17.0. The van der Waals surface area contributed by atoms with Crippen molar-refractivity contribution in [3.05, 3.63) is 24.3 Å². The number of amides is 1. The summed E-state index contributed by atoms with van der Waals surface area (Å²) in [6.45, 7) is 3.27. The van der Waals surface area contributed by atoms with Gasteiger partial charge in [-0.15, -0.1) is 0 Å². The van der Waals surface area contributed by atoms with Crippen LogP contribution in [0.4, 0.5) is 5.69 Å².